The molecule has 2 heterocycles. The third-order valence-corrected chi connectivity index (χ3v) is 5.33. The predicted molar refractivity (Wildman–Crippen MR) is 120 cm³/mol. The van der Waals surface area contributed by atoms with Crippen LogP contribution in [0.5, 0.6) is 17.2 Å². The Morgan fingerprint density at radius 1 is 1.09 bits per heavy atom. The van der Waals surface area contributed by atoms with Crippen molar-refractivity contribution in [2.45, 2.75) is 6.42 Å². The zero-order chi connectivity index (χ0) is 22.3. The highest BCUT2D eigenvalue weighted by molar-refractivity contribution is 5.94. The molecule has 0 bridgehead atoms. The summed E-state index contributed by atoms with van der Waals surface area (Å²) < 4.78 is 21.7. The number of methoxy groups -OCH3 is 1. The van der Waals surface area contributed by atoms with Crippen LogP contribution in [0.3, 0.4) is 0 Å². The molecule has 1 aliphatic heterocycles. The van der Waals surface area contributed by atoms with Crippen molar-refractivity contribution in [1.29, 1.82) is 0 Å². The number of hydrogen-bond donors (Lipinski definition) is 1. The van der Waals surface area contributed by atoms with Crippen LogP contribution in [0.1, 0.15) is 16.8 Å². The SMILES string of the molecule is COc1ccc2c(=O)c(Oc3ccc(C(=O)NCCCN4CCOCC4)cc3)coc2c1. The lowest BCUT2D eigenvalue weighted by Crippen LogP contribution is -2.38. The van der Waals surface area contributed by atoms with E-state index in [1.54, 1.807) is 49.6 Å². The van der Waals surface area contributed by atoms with Crippen molar-refractivity contribution >= 4 is 16.9 Å². The first-order chi connectivity index (χ1) is 15.6. The van der Waals surface area contributed by atoms with Gasteiger partial charge in [-0.25, -0.2) is 0 Å². The molecule has 168 valence electrons. The van der Waals surface area contributed by atoms with Gasteiger partial charge in [-0.3, -0.25) is 14.5 Å². The third-order valence-electron chi connectivity index (χ3n) is 5.33. The molecule has 32 heavy (non-hydrogen) atoms. The largest absolute Gasteiger partial charge is 0.497 e. The fourth-order valence-corrected chi connectivity index (χ4v) is 3.52. The van der Waals surface area contributed by atoms with E-state index in [0.717, 1.165) is 39.3 Å². The summed E-state index contributed by atoms with van der Waals surface area (Å²) >= 11 is 0. The van der Waals surface area contributed by atoms with E-state index in [-0.39, 0.29) is 17.1 Å². The second-order valence-corrected chi connectivity index (χ2v) is 7.48. The van der Waals surface area contributed by atoms with E-state index < -0.39 is 0 Å². The molecule has 1 N–H and O–H groups in total. The number of carbonyl (C=O) groups excluding carboxylic acids is 1. The van der Waals surface area contributed by atoms with Gasteiger partial charge < -0.3 is 23.9 Å². The zero-order valence-electron chi connectivity index (χ0n) is 18.0. The van der Waals surface area contributed by atoms with Crippen LogP contribution in [0.2, 0.25) is 0 Å². The Bertz CT molecular complexity index is 1120. The topological polar surface area (TPSA) is 90.2 Å². The van der Waals surface area contributed by atoms with Gasteiger partial charge in [0.1, 0.15) is 23.3 Å². The smallest absolute Gasteiger partial charge is 0.251 e. The van der Waals surface area contributed by atoms with E-state index in [1.165, 1.54) is 6.26 Å². The molecular formula is C24H26N2O6. The third kappa shape index (κ3) is 5.27. The normalized spacial score (nSPS) is 14.3. The average Bonchev–Trinajstić information content (AvgIpc) is 2.84. The maximum Gasteiger partial charge on any atom is 0.251 e. The molecule has 0 radical (unpaired) electrons. The van der Waals surface area contributed by atoms with Gasteiger partial charge in [0, 0.05) is 31.3 Å². The quantitative estimate of drug-likeness (QED) is 0.541. The lowest BCUT2D eigenvalue weighted by Gasteiger charge is -2.26. The van der Waals surface area contributed by atoms with Crippen LogP contribution in [-0.4, -0.2) is 57.3 Å². The molecule has 3 aromatic rings. The predicted octanol–water partition coefficient (Wildman–Crippen LogP) is 3.05. The maximum atomic E-state index is 12.7. The summed E-state index contributed by atoms with van der Waals surface area (Å²) in [7, 11) is 1.55. The Morgan fingerprint density at radius 2 is 1.84 bits per heavy atom. The van der Waals surface area contributed by atoms with Crippen molar-refractivity contribution in [1.82, 2.24) is 10.2 Å². The van der Waals surface area contributed by atoms with E-state index in [0.29, 0.717) is 34.6 Å². The Hall–Kier alpha value is -3.36. The molecule has 0 aliphatic carbocycles. The van der Waals surface area contributed by atoms with Crippen molar-refractivity contribution in [2.75, 3.05) is 46.5 Å². The highest BCUT2D eigenvalue weighted by Crippen LogP contribution is 2.24. The summed E-state index contributed by atoms with van der Waals surface area (Å²) in [5, 5.41) is 3.33. The summed E-state index contributed by atoms with van der Waals surface area (Å²) in [5.74, 6) is 0.971. The minimum Gasteiger partial charge on any atom is -0.497 e. The van der Waals surface area contributed by atoms with Gasteiger partial charge in [0.25, 0.3) is 5.91 Å². The van der Waals surface area contributed by atoms with Gasteiger partial charge in [-0.1, -0.05) is 0 Å². The molecule has 0 saturated carbocycles. The number of carbonyl (C=O) groups is 1. The molecule has 1 aromatic heterocycles. The number of fused-ring (bicyclic) bond motifs is 1. The molecule has 2 aromatic carbocycles. The van der Waals surface area contributed by atoms with E-state index in [2.05, 4.69) is 10.2 Å². The average molecular weight is 438 g/mol. The molecular weight excluding hydrogens is 412 g/mol. The van der Waals surface area contributed by atoms with Gasteiger partial charge in [0.15, 0.2) is 0 Å². The van der Waals surface area contributed by atoms with Crippen LogP contribution in [0, 0.1) is 0 Å². The second-order valence-electron chi connectivity index (χ2n) is 7.48. The molecule has 1 aliphatic rings. The summed E-state index contributed by atoms with van der Waals surface area (Å²) in [6.07, 6.45) is 2.16. The van der Waals surface area contributed by atoms with Crippen molar-refractivity contribution in [3.63, 3.8) is 0 Å². The van der Waals surface area contributed by atoms with Gasteiger partial charge in [-0.05, 0) is 49.4 Å². The molecule has 0 spiro atoms. The molecule has 1 fully saturated rings. The first-order valence-corrected chi connectivity index (χ1v) is 10.6. The molecule has 8 heteroatoms. The summed E-state index contributed by atoms with van der Waals surface area (Å²) in [5.41, 5.74) is 0.666. The minimum absolute atomic E-state index is 0.0722. The van der Waals surface area contributed by atoms with Gasteiger partial charge in [-0.2, -0.15) is 0 Å². The summed E-state index contributed by atoms with van der Waals surface area (Å²) in [6.45, 7) is 4.99. The van der Waals surface area contributed by atoms with Crippen molar-refractivity contribution in [3.8, 4) is 17.2 Å². The number of hydrogen-bond acceptors (Lipinski definition) is 7. The molecule has 1 saturated heterocycles. The zero-order valence-corrected chi connectivity index (χ0v) is 18.0. The van der Waals surface area contributed by atoms with E-state index in [4.69, 9.17) is 18.6 Å². The minimum atomic E-state index is -0.281. The van der Waals surface area contributed by atoms with Gasteiger partial charge in [0.2, 0.25) is 11.2 Å². The maximum absolute atomic E-state index is 12.7. The molecule has 0 unspecified atom stereocenters. The van der Waals surface area contributed by atoms with Gasteiger partial charge >= 0.3 is 0 Å². The van der Waals surface area contributed by atoms with E-state index >= 15 is 0 Å². The Balaban J connectivity index is 1.32. The molecule has 8 nitrogen and oxygen atoms in total. The van der Waals surface area contributed by atoms with Gasteiger partial charge in [-0.15, -0.1) is 0 Å². The standard InChI is InChI=1S/C24H26N2O6/c1-29-19-7-8-20-21(15-19)31-16-22(23(20)27)32-18-5-3-17(4-6-18)24(28)25-9-2-10-26-11-13-30-14-12-26/h3-8,15-16H,2,9-14H2,1H3,(H,25,28). The lowest BCUT2D eigenvalue weighted by atomic mass is 10.2. The van der Waals surface area contributed by atoms with Crippen molar-refractivity contribution in [2.24, 2.45) is 0 Å². The number of rotatable bonds is 8. The van der Waals surface area contributed by atoms with E-state index in [9.17, 15) is 9.59 Å². The van der Waals surface area contributed by atoms with Crippen LogP contribution in [-0.2, 0) is 4.74 Å². The number of amides is 1. The first-order valence-electron chi connectivity index (χ1n) is 10.6. The first kappa shape index (κ1) is 21.9. The lowest BCUT2D eigenvalue weighted by molar-refractivity contribution is 0.0374. The van der Waals surface area contributed by atoms with Crippen LogP contribution >= 0.6 is 0 Å². The monoisotopic (exact) mass is 438 g/mol. The van der Waals surface area contributed by atoms with Crippen LogP contribution in [0.15, 0.2) is 57.9 Å². The number of morpholine rings is 1. The van der Waals surface area contributed by atoms with Crippen molar-refractivity contribution < 1.29 is 23.4 Å². The molecule has 1 amide bonds. The summed E-state index contributed by atoms with van der Waals surface area (Å²) in [6, 6.07) is 11.6. The second kappa shape index (κ2) is 10.3. The fraction of sp³-hybridized carbons (Fsp3) is 0.333. The Morgan fingerprint density at radius 3 is 2.59 bits per heavy atom. The number of nitrogens with one attached hydrogen (secondary N) is 1. The fourth-order valence-electron chi connectivity index (χ4n) is 3.52. The van der Waals surface area contributed by atoms with Crippen molar-refractivity contribution in [3.05, 3.63) is 64.5 Å². The number of benzene rings is 2. The molecule has 0 atom stereocenters. The Labute approximate surface area is 185 Å². The van der Waals surface area contributed by atoms with Gasteiger partial charge in [0.05, 0.1) is 25.7 Å². The molecule has 4 rings (SSSR count). The highest BCUT2D eigenvalue weighted by atomic mass is 16.5. The number of nitrogens with zero attached hydrogens (tertiary/aromatic N) is 1. The van der Waals surface area contributed by atoms with Crippen LogP contribution < -0.4 is 20.2 Å². The van der Waals surface area contributed by atoms with Crippen LogP contribution in [0.25, 0.3) is 11.0 Å². The Kier molecular flexibility index (Phi) is 7.03. The van der Waals surface area contributed by atoms with Crippen LogP contribution in [0.4, 0.5) is 0 Å². The highest BCUT2D eigenvalue weighted by Gasteiger charge is 2.12. The van der Waals surface area contributed by atoms with E-state index in [1.807, 2.05) is 0 Å². The summed E-state index contributed by atoms with van der Waals surface area (Å²) in [4.78, 5) is 27.4. The number of ether oxygens (including phenoxy) is 3.